The molecular formula is C19H21N5OS2. The van der Waals surface area contributed by atoms with Crippen LogP contribution in [0.5, 0.6) is 0 Å². The Hall–Kier alpha value is -2.16. The molecule has 2 aliphatic rings. The van der Waals surface area contributed by atoms with Crippen LogP contribution in [-0.4, -0.2) is 27.5 Å². The zero-order valence-electron chi connectivity index (χ0n) is 15.4. The van der Waals surface area contributed by atoms with Gasteiger partial charge < -0.3 is 11.1 Å². The molecule has 27 heavy (non-hydrogen) atoms. The molecule has 3 rings (SSSR count). The van der Waals surface area contributed by atoms with Gasteiger partial charge in [0.2, 0.25) is 5.91 Å². The second-order valence-corrected chi connectivity index (χ2v) is 9.69. The fourth-order valence-electron chi connectivity index (χ4n) is 4.21. The van der Waals surface area contributed by atoms with Crippen LogP contribution < -0.4 is 11.1 Å². The van der Waals surface area contributed by atoms with E-state index in [9.17, 15) is 15.3 Å². The van der Waals surface area contributed by atoms with E-state index in [4.69, 9.17) is 5.73 Å². The number of nitrogens with one attached hydrogen (secondary N) is 1. The highest BCUT2D eigenvalue weighted by Crippen LogP contribution is 2.85. The molecule has 0 bridgehead atoms. The van der Waals surface area contributed by atoms with Crippen LogP contribution in [-0.2, 0) is 4.79 Å². The summed E-state index contributed by atoms with van der Waals surface area (Å²) in [6.45, 7) is 5.49. The number of benzene rings is 1. The molecular weight excluding hydrogens is 378 g/mol. The van der Waals surface area contributed by atoms with E-state index >= 15 is 0 Å². The molecule has 0 unspecified atom stereocenters. The molecule has 3 N–H and O–H groups in total. The Morgan fingerprint density at radius 2 is 1.81 bits per heavy atom. The fourth-order valence-corrected chi connectivity index (χ4v) is 7.46. The van der Waals surface area contributed by atoms with Gasteiger partial charge in [0.05, 0.1) is 12.1 Å². The summed E-state index contributed by atoms with van der Waals surface area (Å²) in [5.74, 6) is 1.29. The molecule has 1 fully saturated rings. The minimum Gasteiger partial charge on any atom is -0.386 e. The van der Waals surface area contributed by atoms with E-state index in [0.29, 0.717) is 5.69 Å². The van der Waals surface area contributed by atoms with E-state index in [1.54, 1.807) is 35.7 Å². The number of nitriles is 2. The van der Waals surface area contributed by atoms with Crippen molar-refractivity contribution in [2.24, 2.45) is 21.6 Å². The normalized spacial score (nSPS) is 29.8. The molecule has 0 radical (unpaired) electrons. The number of amidine groups is 1. The van der Waals surface area contributed by atoms with Gasteiger partial charge >= 0.3 is 0 Å². The van der Waals surface area contributed by atoms with Crippen molar-refractivity contribution in [1.82, 2.24) is 0 Å². The summed E-state index contributed by atoms with van der Waals surface area (Å²) in [5.41, 5.74) is 5.70. The zero-order valence-corrected chi connectivity index (χ0v) is 17.1. The van der Waals surface area contributed by atoms with Crippen LogP contribution in [0.15, 0.2) is 29.3 Å². The number of carbonyl (C=O) groups is 1. The first-order valence-corrected chi connectivity index (χ1v) is 10.7. The van der Waals surface area contributed by atoms with Crippen LogP contribution in [0.3, 0.4) is 0 Å². The maximum Gasteiger partial charge on any atom is 0.221 e. The first-order valence-electron chi connectivity index (χ1n) is 8.72. The number of carbonyl (C=O) groups excluding carboxylic acids is 1. The van der Waals surface area contributed by atoms with Gasteiger partial charge in [-0.15, -0.1) is 23.5 Å². The number of thioether (sulfide) groups is 2. The lowest BCUT2D eigenvalue weighted by Gasteiger charge is -2.31. The number of hydrogen-bond donors (Lipinski definition) is 2. The Bertz CT molecular complexity index is 879. The molecule has 1 aliphatic carbocycles. The van der Waals surface area contributed by atoms with Crippen LogP contribution in [0.2, 0.25) is 0 Å². The van der Waals surface area contributed by atoms with Crippen molar-refractivity contribution in [1.29, 1.82) is 10.5 Å². The Labute approximate surface area is 167 Å². The molecule has 0 spiro atoms. The Morgan fingerprint density at radius 1 is 1.22 bits per heavy atom. The highest BCUT2D eigenvalue weighted by Gasteiger charge is 2.91. The fraction of sp³-hybridized carbons (Fsp3) is 0.474. The topological polar surface area (TPSA) is 115 Å². The summed E-state index contributed by atoms with van der Waals surface area (Å²) >= 11 is 3.15. The van der Waals surface area contributed by atoms with Gasteiger partial charge in [-0.2, -0.15) is 10.5 Å². The molecule has 8 heteroatoms. The van der Waals surface area contributed by atoms with Gasteiger partial charge in [0.25, 0.3) is 0 Å². The van der Waals surface area contributed by atoms with Gasteiger partial charge in [-0.25, -0.2) is 4.99 Å². The van der Waals surface area contributed by atoms with Crippen molar-refractivity contribution in [3.05, 3.63) is 29.8 Å². The van der Waals surface area contributed by atoms with Crippen molar-refractivity contribution < 1.29 is 4.79 Å². The predicted molar refractivity (Wildman–Crippen MR) is 110 cm³/mol. The molecule has 1 heterocycles. The van der Waals surface area contributed by atoms with Gasteiger partial charge in [0.1, 0.15) is 16.7 Å². The SMILES string of the molecule is CCSC1(SCC)N=C(N)[C@]2(C#N)[C@@H](c3ccc(NC(C)=O)cc3)[C@]12C#N. The Balaban J connectivity index is 2.10. The third-order valence-electron chi connectivity index (χ3n) is 5.17. The summed E-state index contributed by atoms with van der Waals surface area (Å²) in [6, 6.07) is 12.1. The maximum absolute atomic E-state index is 11.2. The van der Waals surface area contributed by atoms with Gasteiger partial charge in [0.15, 0.2) is 4.20 Å². The van der Waals surface area contributed by atoms with Crippen LogP contribution in [0.25, 0.3) is 0 Å². The lowest BCUT2D eigenvalue weighted by Crippen LogP contribution is -2.31. The van der Waals surface area contributed by atoms with Crippen LogP contribution in [0.1, 0.15) is 32.3 Å². The number of nitrogens with two attached hydrogens (primary N) is 1. The first-order chi connectivity index (χ1) is 12.9. The van der Waals surface area contributed by atoms with Crippen molar-refractivity contribution in [2.45, 2.75) is 30.9 Å². The van der Waals surface area contributed by atoms with Crippen LogP contribution >= 0.6 is 23.5 Å². The average molecular weight is 400 g/mol. The molecule has 0 saturated heterocycles. The number of hydrogen-bond acceptors (Lipinski definition) is 7. The smallest absolute Gasteiger partial charge is 0.221 e. The third-order valence-corrected chi connectivity index (χ3v) is 8.07. The van der Waals surface area contributed by atoms with E-state index in [2.05, 4.69) is 22.4 Å². The lowest BCUT2D eigenvalue weighted by molar-refractivity contribution is -0.114. The molecule has 6 nitrogen and oxygen atoms in total. The largest absolute Gasteiger partial charge is 0.386 e. The number of nitrogens with zero attached hydrogens (tertiary/aromatic N) is 3. The molecule has 1 aromatic rings. The second kappa shape index (κ2) is 6.78. The van der Waals surface area contributed by atoms with Crippen LogP contribution in [0, 0.1) is 33.5 Å². The van der Waals surface area contributed by atoms with E-state index in [-0.39, 0.29) is 17.7 Å². The first kappa shape index (κ1) is 19.6. The van der Waals surface area contributed by atoms with Gasteiger partial charge in [-0.05, 0) is 29.2 Å². The molecule has 3 atom stereocenters. The lowest BCUT2D eigenvalue weighted by atomic mass is 9.97. The second-order valence-electron chi connectivity index (χ2n) is 6.52. The monoisotopic (exact) mass is 399 g/mol. The van der Waals surface area contributed by atoms with Gasteiger partial charge in [-0.3, -0.25) is 4.79 Å². The van der Waals surface area contributed by atoms with Crippen molar-refractivity contribution in [2.75, 3.05) is 16.8 Å². The molecule has 0 aromatic heterocycles. The van der Waals surface area contributed by atoms with Crippen molar-refractivity contribution >= 4 is 41.0 Å². The van der Waals surface area contributed by atoms with E-state index in [1.807, 2.05) is 26.0 Å². The summed E-state index contributed by atoms with van der Waals surface area (Å²) in [6.07, 6.45) is 0. The number of anilines is 1. The maximum atomic E-state index is 11.2. The minimum atomic E-state index is -1.11. The summed E-state index contributed by atoms with van der Waals surface area (Å²) in [5, 5.41) is 23.1. The highest BCUT2D eigenvalue weighted by atomic mass is 32.2. The third kappa shape index (κ3) is 2.40. The standard InChI is InChI=1S/C19H21N5OS2/c1-4-26-19(27-5-2)18(11-21)15(17(18,10-20)16(22)24-19)13-6-8-14(9-7-13)23-12(3)25/h6-9,15H,4-5H2,1-3H3,(H2,22,24)(H,23,25)/t15-,17+,18+/m1/s1. The van der Waals surface area contributed by atoms with Gasteiger partial charge in [0, 0.05) is 18.5 Å². The Kier molecular flexibility index (Phi) is 4.92. The number of amides is 1. The van der Waals surface area contributed by atoms with Crippen LogP contribution in [0.4, 0.5) is 5.69 Å². The van der Waals surface area contributed by atoms with Crippen molar-refractivity contribution in [3.63, 3.8) is 0 Å². The molecule has 1 aliphatic heterocycles. The molecule has 1 saturated carbocycles. The van der Waals surface area contributed by atoms with Gasteiger partial charge in [-0.1, -0.05) is 26.0 Å². The predicted octanol–water partition coefficient (Wildman–Crippen LogP) is 3.29. The minimum absolute atomic E-state index is 0.151. The molecule has 1 aromatic carbocycles. The number of fused-ring (bicyclic) bond motifs is 1. The van der Waals surface area contributed by atoms with E-state index in [1.165, 1.54) is 6.92 Å². The zero-order chi connectivity index (χ0) is 19.9. The van der Waals surface area contributed by atoms with E-state index in [0.717, 1.165) is 17.1 Å². The molecule has 140 valence electrons. The molecule has 1 amide bonds. The quantitative estimate of drug-likeness (QED) is 0.709. The Morgan fingerprint density at radius 3 is 2.26 bits per heavy atom. The number of aliphatic imine (C=N–C) groups is 1. The summed E-state index contributed by atoms with van der Waals surface area (Å²) < 4.78 is -0.786. The summed E-state index contributed by atoms with van der Waals surface area (Å²) in [7, 11) is 0. The van der Waals surface area contributed by atoms with Crippen molar-refractivity contribution in [3.8, 4) is 12.1 Å². The average Bonchev–Trinajstić information content (AvgIpc) is 3.21. The highest BCUT2D eigenvalue weighted by molar-refractivity contribution is 8.18. The van der Waals surface area contributed by atoms with E-state index < -0.39 is 15.0 Å². The summed E-state index contributed by atoms with van der Waals surface area (Å²) in [4.78, 5) is 15.9. The number of rotatable bonds is 6.